The summed E-state index contributed by atoms with van der Waals surface area (Å²) in [5.74, 6) is 0. The molecule has 0 aliphatic rings. The van der Waals surface area contributed by atoms with E-state index in [0.717, 1.165) is 18.7 Å². The molecule has 1 aromatic rings. The zero-order valence-electron chi connectivity index (χ0n) is 11.3. The highest BCUT2D eigenvalue weighted by atomic mass is 16.5. The molecule has 1 N–H and O–H groups in total. The maximum atomic E-state index is 5.03. The van der Waals surface area contributed by atoms with Gasteiger partial charge in [0.1, 0.15) is 0 Å². The van der Waals surface area contributed by atoms with E-state index in [1.54, 1.807) is 7.11 Å². The van der Waals surface area contributed by atoms with E-state index in [1.807, 2.05) is 17.1 Å². The van der Waals surface area contributed by atoms with Crippen molar-refractivity contribution in [3.63, 3.8) is 0 Å². The third-order valence-electron chi connectivity index (χ3n) is 2.93. The summed E-state index contributed by atoms with van der Waals surface area (Å²) in [6.07, 6.45) is 8.87. The SMILES string of the molecule is CCCCC(CC)Nc1cnn(CCOC)c1. The van der Waals surface area contributed by atoms with Crippen molar-refractivity contribution >= 4 is 5.69 Å². The van der Waals surface area contributed by atoms with Crippen molar-refractivity contribution in [2.24, 2.45) is 0 Å². The lowest BCUT2D eigenvalue weighted by atomic mass is 10.1. The van der Waals surface area contributed by atoms with Gasteiger partial charge in [-0.05, 0) is 12.8 Å². The first kappa shape index (κ1) is 14.0. The summed E-state index contributed by atoms with van der Waals surface area (Å²) >= 11 is 0. The van der Waals surface area contributed by atoms with Gasteiger partial charge < -0.3 is 10.1 Å². The average Bonchev–Trinajstić information content (AvgIpc) is 2.79. The zero-order valence-corrected chi connectivity index (χ0v) is 11.3. The van der Waals surface area contributed by atoms with Gasteiger partial charge in [0, 0.05) is 19.3 Å². The molecule has 4 nitrogen and oxygen atoms in total. The molecule has 0 radical (unpaired) electrons. The molecule has 0 aliphatic carbocycles. The molecular formula is C13H25N3O. The van der Waals surface area contributed by atoms with E-state index < -0.39 is 0 Å². The molecule has 0 aliphatic heterocycles. The number of anilines is 1. The Hall–Kier alpha value is -1.03. The molecule has 1 rings (SSSR count). The van der Waals surface area contributed by atoms with Gasteiger partial charge in [0.2, 0.25) is 0 Å². The summed E-state index contributed by atoms with van der Waals surface area (Å²) in [4.78, 5) is 0. The summed E-state index contributed by atoms with van der Waals surface area (Å²) in [6, 6.07) is 0.565. The van der Waals surface area contributed by atoms with Crippen LogP contribution in [0.2, 0.25) is 0 Å². The van der Waals surface area contributed by atoms with Gasteiger partial charge in [-0.2, -0.15) is 5.10 Å². The van der Waals surface area contributed by atoms with Crippen LogP contribution in [0.25, 0.3) is 0 Å². The van der Waals surface area contributed by atoms with Gasteiger partial charge in [0.15, 0.2) is 0 Å². The van der Waals surface area contributed by atoms with E-state index in [9.17, 15) is 0 Å². The summed E-state index contributed by atoms with van der Waals surface area (Å²) in [6.45, 7) is 5.97. The van der Waals surface area contributed by atoms with E-state index >= 15 is 0 Å². The molecule has 0 bridgehead atoms. The molecule has 1 atom stereocenters. The lowest BCUT2D eigenvalue weighted by Gasteiger charge is -2.16. The smallest absolute Gasteiger partial charge is 0.0728 e. The lowest BCUT2D eigenvalue weighted by Crippen LogP contribution is -2.17. The van der Waals surface area contributed by atoms with Crippen LogP contribution in [0.3, 0.4) is 0 Å². The Morgan fingerprint density at radius 2 is 2.29 bits per heavy atom. The highest BCUT2D eigenvalue weighted by Crippen LogP contribution is 2.12. The predicted molar refractivity (Wildman–Crippen MR) is 71.3 cm³/mol. The van der Waals surface area contributed by atoms with Crippen molar-refractivity contribution in [2.75, 3.05) is 19.0 Å². The molecule has 1 heterocycles. The fraction of sp³-hybridized carbons (Fsp3) is 0.769. The number of nitrogens with one attached hydrogen (secondary N) is 1. The highest BCUT2D eigenvalue weighted by Gasteiger charge is 2.06. The monoisotopic (exact) mass is 239 g/mol. The van der Waals surface area contributed by atoms with Crippen molar-refractivity contribution in [3.05, 3.63) is 12.4 Å². The standard InChI is InChI=1S/C13H25N3O/c1-4-6-7-12(5-2)15-13-10-14-16(11-13)8-9-17-3/h10-12,15H,4-9H2,1-3H3. The second kappa shape index (κ2) is 8.12. The van der Waals surface area contributed by atoms with E-state index in [2.05, 4.69) is 24.3 Å². The third-order valence-corrected chi connectivity index (χ3v) is 2.93. The largest absolute Gasteiger partial charge is 0.383 e. The first-order chi connectivity index (χ1) is 8.30. The van der Waals surface area contributed by atoms with Gasteiger partial charge in [0.25, 0.3) is 0 Å². The van der Waals surface area contributed by atoms with Crippen molar-refractivity contribution in [2.45, 2.75) is 52.1 Å². The van der Waals surface area contributed by atoms with Crippen LogP contribution in [0.1, 0.15) is 39.5 Å². The summed E-state index contributed by atoms with van der Waals surface area (Å²) in [5.41, 5.74) is 1.11. The Morgan fingerprint density at radius 3 is 2.94 bits per heavy atom. The molecule has 0 saturated carbocycles. The number of aromatic nitrogens is 2. The van der Waals surface area contributed by atoms with Gasteiger partial charge in [-0.3, -0.25) is 4.68 Å². The van der Waals surface area contributed by atoms with Gasteiger partial charge in [-0.1, -0.05) is 26.7 Å². The van der Waals surface area contributed by atoms with Crippen LogP contribution in [0.4, 0.5) is 5.69 Å². The number of rotatable bonds is 9. The quantitative estimate of drug-likeness (QED) is 0.720. The van der Waals surface area contributed by atoms with Crippen LogP contribution in [0.15, 0.2) is 12.4 Å². The lowest BCUT2D eigenvalue weighted by molar-refractivity contribution is 0.183. The van der Waals surface area contributed by atoms with Crippen molar-refractivity contribution < 1.29 is 4.74 Å². The molecule has 17 heavy (non-hydrogen) atoms. The average molecular weight is 239 g/mol. The van der Waals surface area contributed by atoms with Crippen LogP contribution in [-0.2, 0) is 11.3 Å². The van der Waals surface area contributed by atoms with Gasteiger partial charge in [0.05, 0.1) is 25.0 Å². The first-order valence-corrected chi connectivity index (χ1v) is 6.58. The molecule has 0 spiro atoms. The summed E-state index contributed by atoms with van der Waals surface area (Å²) in [7, 11) is 1.71. The van der Waals surface area contributed by atoms with Crippen LogP contribution >= 0.6 is 0 Å². The fourth-order valence-corrected chi connectivity index (χ4v) is 1.81. The number of ether oxygens (including phenoxy) is 1. The zero-order chi connectivity index (χ0) is 12.5. The van der Waals surface area contributed by atoms with Gasteiger partial charge in [-0.15, -0.1) is 0 Å². The van der Waals surface area contributed by atoms with E-state index in [1.165, 1.54) is 19.3 Å². The second-order valence-corrected chi connectivity index (χ2v) is 4.38. The van der Waals surface area contributed by atoms with E-state index in [0.29, 0.717) is 12.6 Å². The maximum absolute atomic E-state index is 5.03. The first-order valence-electron chi connectivity index (χ1n) is 6.58. The highest BCUT2D eigenvalue weighted by molar-refractivity contribution is 5.39. The Balaban J connectivity index is 2.40. The number of nitrogens with zero attached hydrogens (tertiary/aromatic N) is 2. The molecule has 1 unspecified atom stereocenters. The normalized spacial score (nSPS) is 12.6. The molecule has 0 saturated heterocycles. The summed E-state index contributed by atoms with van der Waals surface area (Å²) in [5, 5.41) is 7.83. The summed E-state index contributed by atoms with van der Waals surface area (Å²) < 4.78 is 6.94. The molecule has 4 heteroatoms. The molecule has 0 fully saturated rings. The van der Waals surface area contributed by atoms with Crippen LogP contribution in [-0.4, -0.2) is 29.5 Å². The molecule has 0 aromatic carbocycles. The Morgan fingerprint density at radius 1 is 1.47 bits per heavy atom. The molecular weight excluding hydrogens is 214 g/mol. The van der Waals surface area contributed by atoms with Crippen LogP contribution < -0.4 is 5.32 Å². The third kappa shape index (κ3) is 5.22. The van der Waals surface area contributed by atoms with E-state index in [-0.39, 0.29) is 0 Å². The minimum atomic E-state index is 0.565. The van der Waals surface area contributed by atoms with Crippen molar-refractivity contribution in [1.29, 1.82) is 0 Å². The predicted octanol–water partition coefficient (Wildman–Crippen LogP) is 2.91. The molecule has 1 aromatic heterocycles. The van der Waals surface area contributed by atoms with Gasteiger partial charge >= 0.3 is 0 Å². The van der Waals surface area contributed by atoms with Crippen molar-refractivity contribution in [3.8, 4) is 0 Å². The fourth-order valence-electron chi connectivity index (χ4n) is 1.81. The van der Waals surface area contributed by atoms with Gasteiger partial charge in [-0.25, -0.2) is 0 Å². The Bertz CT molecular complexity index is 299. The minimum Gasteiger partial charge on any atom is -0.383 e. The van der Waals surface area contributed by atoms with E-state index in [4.69, 9.17) is 4.74 Å². The number of methoxy groups -OCH3 is 1. The maximum Gasteiger partial charge on any atom is 0.0728 e. The Labute approximate surface area is 104 Å². The number of unbranched alkanes of at least 4 members (excludes halogenated alkanes) is 1. The number of hydrogen-bond donors (Lipinski definition) is 1. The molecule has 0 amide bonds. The van der Waals surface area contributed by atoms with Crippen LogP contribution in [0, 0.1) is 0 Å². The topological polar surface area (TPSA) is 39.1 Å². The number of hydrogen-bond acceptors (Lipinski definition) is 3. The minimum absolute atomic E-state index is 0.565. The van der Waals surface area contributed by atoms with Crippen LogP contribution in [0.5, 0.6) is 0 Å². The Kier molecular flexibility index (Phi) is 6.70. The molecule has 98 valence electrons. The van der Waals surface area contributed by atoms with Crippen molar-refractivity contribution in [1.82, 2.24) is 9.78 Å². The second-order valence-electron chi connectivity index (χ2n) is 4.38.